The summed E-state index contributed by atoms with van der Waals surface area (Å²) in [5, 5.41) is 3.20. The van der Waals surface area contributed by atoms with Crippen LogP contribution in [0.2, 0.25) is 0 Å². The molecule has 0 unspecified atom stereocenters. The van der Waals surface area contributed by atoms with Crippen LogP contribution in [0.15, 0.2) is 46.9 Å². The maximum Gasteiger partial charge on any atom is 0.147 e. The van der Waals surface area contributed by atoms with E-state index in [1.807, 2.05) is 12.1 Å². The minimum absolute atomic E-state index is 0.196. The van der Waals surface area contributed by atoms with Crippen molar-refractivity contribution < 1.29 is 8.78 Å². The lowest BCUT2D eigenvalue weighted by Gasteiger charge is -2.37. The molecule has 0 radical (unpaired) electrons. The molecular formula is C16H14BrF2N. The van der Waals surface area contributed by atoms with Gasteiger partial charge in [-0.25, -0.2) is 8.78 Å². The van der Waals surface area contributed by atoms with E-state index < -0.39 is 0 Å². The predicted molar refractivity (Wildman–Crippen MR) is 79.9 cm³/mol. The average molecular weight is 338 g/mol. The Bertz CT molecular complexity index is 624. The third kappa shape index (κ3) is 2.85. The molecule has 1 aliphatic rings. The third-order valence-electron chi connectivity index (χ3n) is 3.75. The van der Waals surface area contributed by atoms with Crippen molar-refractivity contribution >= 4 is 21.6 Å². The van der Waals surface area contributed by atoms with Gasteiger partial charge in [0.1, 0.15) is 11.6 Å². The highest BCUT2D eigenvalue weighted by molar-refractivity contribution is 9.10. The van der Waals surface area contributed by atoms with E-state index in [1.165, 1.54) is 12.1 Å². The number of anilines is 1. The lowest BCUT2D eigenvalue weighted by molar-refractivity contribution is 0.371. The van der Waals surface area contributed by atoms with Crippen LogP contribution in [0, 0.1) is 11.6 Å². The molecular weight excluding hydrogens is 324 g/mol. The maximum absolute atomic E-state index is 13.7. The van der Waals surface area contributed by atoms with Gasteiger partial charge in [-0.2, -0.15) is 0 Å². The SMILES string of the molecule is Fc1cccc(C2CC(Nc3ccc(Br)cc3F)C2)c1. The van der Waals surface area contributed by atoms with Crippen LogP contribution in [0.3, 0.4) is 0 Å². The molecule has 0 amide bonds. The normalized spacial score (nSPS) is 21.4. The van der Waals surface area contributed by atoms with E-state index in [2.05, 4.69) is 21.2 Å². The second-order valence-electron chi connectivity index (χ2n) is 5.19. The van der Waals surface area contributed by atoms with Crippen molar-refractivity contribution in [2.24, 2.45) is 0 Å². The van der Waals surface area contributed by atoms with E-state index in [9.17, 15) is 8.78 Å². The molecule has 0 spiro atoms. The predicted octanol–water partition coefficient (Wildman–Crippen LogP) is 5.09. The molecule has 0 heterocycles. The first-order valence-electron chi connectivity index (χ1n) is 6.59. The summed E-state index contributed by atoms with van der Waals surface area (Å²) in [5.41, 5.74) is 1.55. The van der Waals surface area contributed by atoms with Crippen LogP contribution in [0.4, 0.5) is 14.5 Å². The first kappa shape index (κ1) is 13.6. The van der Waals surface area contributed by atoms with Gasteiger partial charge in [-0.1, -0.05) is 28.1 Å². The fraction of sp³-hybridized carbons (Fsp3) is 0.250. The van der Waals surface area contributed by atoms with Gasteiger partial charge < -0.3 is 5.32 Å². The summed E-state index contributed by atoms with van der Waals surface area (Å²) in [5.74, 6) is -0.0897. The van der Waals surface area contributed by atoms with E-state index in [1.54, 1.807) is 18.2 Å². The number of benzene rings is 2. The van der Waals surface area contributed by atoms with Gasteiger partial charge in [0, 0.05) is 10.5 Å². The van der Waals surface area contributed by atoms with Crippen molar-refractivity contribution in [1.82, 2.24) is 0 Å². The molecule has 1 fully saturated rings. The number of rotatable bonds is 3. The highest BCUT2D eigenvalue weighted by Gasteiger charge is 2.30. The first-order valence-corrected chi connectivity index (χ1v) is 7.38. The van der Waals surface area contributed by atoms with Crippen LogP contribution in [-0.2, 0) is 0 Å². The largest absolute Gasteiger partial charge is 0.380 e. The van der Waals surface area contributed by atoms with Crippen LogP contribution < -0.4 is 5.32 Å². The molecule has 0 aliphatic heterocycles. The summed E-state index contributed by atoms with van der Waals surface area (Å²) in [7, 11) is 0. The Morgan fingerprint density at radius 3 is 2.55 bits per heavy atom. The average Bonchev–Trinajstić information content (AvgIpc) is 2.35. The summed E-state index contributed by atoms with van der Waals surface area (Å²) in [6.45, 7) is 0. The second-order valence-corrected chi connectivity index (χ2v) is 6.10. The quantitative estimate of drug-likeness (QED) is 0.822. The number of nitrogens with one attached hydrogen (secondary N) is 1. The Balaban J connectivity index is 1.61. The monoisotopic (exact) mass is 337 g/mol. The Labute approximate surface area is 125 Å². The lowest BCUT2D eigenvalue weighted by Crippen LogP contribution is -2.34. The molecule has 0 aromatic heterocycles. The first-order chi connectivity index (χ1) is 9.61. The minimum Gasteiger partial charge on any atom is -0.380 e. The molecule has 1 nitrogen and oxygen atoms in total. The maximum atomic E-state index is 13.7. The van der Waals surface area contributed by atoms with Crippen LogP contribution in [0.5, 0.6) is 0 Å². The molecule has 1 aliphatic carbocycles. The van der Waals surface area contributed by atoms with E-state index in [0.717, 1.165) is 22.9 Å². The van der Waals surface area contributed by atoms with Gasteiger partial charge >= 0.3 is 0 Å². The van der Waals surface area contributed by atoms with Gasteiger partial charge in [0.25, 0.3) is 0 Å². The highest BCUT2D eigenvalue weighted by Crippen LogP contribution is 2.39. The van der Waals surface area contributed by atoms with Crippen molar-refractivity contribution in [3.63, 3.8) is 0 Å². The fourth-order valence-electron chi connectivity index (χ4n) is 2.59. The Morgan fingerprint density at radius 2 is 1.85 bits per heavy atom. The number of halogens is 3. The molecule has 0 bridgehead atoms. The van der Waals surface area contributed by atoms with Gasteiger partial charge in [0.15, 0.2) is 0 Å². The van der Waals surface area contributed by atoms with Gasteiger partial charge in [-0.15, -0.1) is 0 Å². The molecule has 2 aromatic rings. The summed E-state index contributed by atoms with van der Waals surface area (Å²) in [4.78, 5) is 0. The molecule has 4 heteroatoms. The Hall–Kier alpha value is -1.42. The molecule has 104 valence electrons. The molecule has 2 aromatic carbocycles. The van der Waals surface area contributed by atoms with Crippen LogP contribution in [0.1, 0.15) is 24.3 Å². The zero-order valence-electron chi connectivity index (χ0n) is 10.7. The van der Waals surface area contributed by atoms with Crippen LogP contribution >= 0.6 is 15.9 Å². The van der Waals surface area contributed by atoms with E-state index in [-0.39, 0.29) is 17.7 Å². The Morgan fingerprint density at radius 1 is 1.05 bits per heavy atom. The number of hydrogen-bond donors (Lipinski definition) is 1. The van der Waals surface area contributed by atoms with Gasteiger partial charge in [0.2, 0.25) is 0 Å². The van der Waals surface area contributed by atoms with E-state index in [0.29, 0.717) is 11.6 Å². The molecule has 0 atom stereocenters. The van der Waals surface area contributed by atoms with Crippen molar-refractivity contribution in [3.8, 4) is 0 Å². The summed E-state index contributed by atoms with van der Waals surface area (Å²) >= 11 is 3.24. The molecule has 20 heavy (non-hydrogen) atoms. The van der Waals surface area contributed by atoms with Gasteiger partial charge in [0.05, 0.1) is 5.69 Å². The molecule has 0 saturated heterocycles. The highest BCUT2D eigenvalue weighted by atomic mass is 79.9. The van der Waals surface area contributed by atoms with Gasteiger partial charge in [-0.05, 0) is 54.7 Å². The van der Waals surface area contributed by atoms with Crippen molar-refractivity contribution in [3.05, 3.63) is 64.1 Å². The van der Waals surface area contributed by atoms with E-state index >= 15 is 0 Å². The van der Waals surface area contributed by atoms with Crippen LogP contribution in [-0.4, -0.2) is 6.04 Å². The molecule has 3 rings (SSSR count). The fourth-order valence-corrected chi connectivity index (χ4v) is 2.93. The topological polar surface area (TPSA) is 12.0 Å². The summed E-state index contributed by atoms with van der Waals surface area (Å²) < 4.78 is 27.6. The van der Waals surface area contributed by atoms with E-state index in [4.69, 9.17) is 0 Å². The standard InChI is InChI=1S/C16H14BrF2N/c17-12-4-5-16(15(19)9-12)20-14-7-11(8-14)10-2-1-3-13(18)6-10/h1-6,9,11,14,20H,7-8H2. The van der Waals surface area contributed by atoms with Gasteiger partial charge in [-0.3, -0.25) is 0 Å². The van der Waals surface area contributed by atoms with Crippen molar-refractivity contribution in [1.29, 1.82) is 0 Å². The lowest BCUT2D eigenvalue weighted by atomic mass is 9.76. The van der Waals surface area contributed by atoms with Crippen molar-refractivity contribution in [2.75, 3.05) is 5.32 Å². The zero-order valence-corrected chi connectivity index (χ0v) is 12.3. The minimum atomic E-state index is -0.256. The zero-order chi connectivity index (χ0) is 14.1. The molecule has 1 saturated carbocycles. The summed E-state index contributed by atoms with van der Waals surface area (Å²) in [6, 6.07) is 12.0. The van der Waals surface area contributed by atoms with Crippen LogP contribution in [0.25, 0.3) is 0 Å². The second kappa shape index (κ2) is 5.52. The van der Waals surface area contributed by atoms with Crippen molar-refractivity contribution in [2.45, 2.75) is 24.8 Å². The third-order valence-corrected chi connectivity index (χ3v) is 4.24. The summed E-state index contributed by atoms with van der Waals surface area (Å²) in [6.07, 6.45) is 1.80. The Kier molecular flexibility index (Phi) is 3.74. The smallest absolute Gasteiger partial charge is 0.147 e. The number of hydrogen-bond acceptors (Lipinski definition) is 1. The molecule has 1 N–H and O–H groups in total.